The number of hydrogen-bond donors (Lipinski definition) is 1. The van der Waals surface area contributed by atoms with Crippen LogP contribution in [0.3, 0.4) is 0 Å². The van der Waals surface area contributed by atoms with Crippen LogP contribution in [0.2, 0.25) is 10.0 Å². The predicted molar refractivity (Wildman–Crippen MR) is 37.0 cm³/mol. The monoisotopic (exact) mass is 161 g/mol. The van der Waals surface area contributed by atoms with E-state index in [0.29, 0.717) is 5.02 Å². The quantitative estimate of drug-likeness (QED) is 0.621. The van der Waals surface area contributed by atoms with E-state index in [0.717, 1.165) is 0 Å². The lowest BCUT2D eigenvalue weighted by molar-refractivity contribution is 0.474. The highest BCUT2D eigenvalue weighted by Gasteiger charge is 1.96. The fourth-order valence-electron chi connectivity index (χ4n) is 0.439. The van der Waals surface area contributed by atoms with E-state index in [-0.39, 0.29) is 10.8 Å². The van der Waals surface area contributed by atoms with Gasteiger partial charge < -0.3 is 5.11 Å². The highest BCUT2D eigenvalue weighted by Crippen LogP contribution is 2.24. The molecule has 0 aliphatic carbocycles. The minimum absolute atomic E-state index is 0.00407. The number of phenolic OH excluding ortho intramolecular Hbond substituents is 1. The molecule has 0 saturated carbocycles. The zero-order valence-electron chi connectivity index (χ0n) is 4.36. The SMILES string of the molecule is Oc1[c]c(Cl)c(Cl)cc1. The van der Waals surface area contributed by atoms with Crippen molar-refractivity contribution in [2.24, 2.45) is 0 Å². The predicted octanol–water partition coefficient (Wildman–Crippen LogP) is 2.50. The third-order valence-corrected chi connectivity index (χ3v) is 1.54. The molecule has 0 fully saturated rings. The zero-order chi connectivity index (χ0) is 6.85. The molecule has 9 heavy (non-hydrogen) atoms. The topological polar surface area (TPSA) is 20.2 Å². The van der Waals surface area contributed by atoms with Crippen molar-refractivity contribution >= 4 is 23.2 Å². The third kappa shape index (κ3) is 1.50. The first-order valence-electron chi connectivity index (χ1n) is 2.26. The Labute approximate surface area is 62.8 Å². The van der Waals surface area contributed by atoms with Crippen LogP contribution < -0.4 is 0 Å². The zero-order valence-corrected chi connectivity index (χ0v) is 5.87. The molecule has 0 atom stereocenters. The molecule has 1 N–H and O–H groups in total. The molecule has 1 rings (SSSR count). The van der Waals surface area contributed by atoms with Crippen LogP contribution in [0.1, 0.15) is 0 Å². The highest BCUT2D eigenvalue weighted by molar-refractivity contribution is 6.41. The summed E-state index contributed by atoms with van der Waals surface area (Å²) in [6.45, 7) is 0. The average Bonchev–Trinajstić information content (AvgIpc) is 1.80. The molecule has 47 valence electrons. The Morgan fingerprint density at radius 3 is 2.44 bits per heavy atom. The molecular formula is C6H3Cl2O. The van der Waals surface area contributed by atoms with E-state index in [2.05, 4.69) is 6.07 Å². The van der Waals surface area contributed by atoms with E-state index in [1.165, 1.54) is 12.1 Å². The van der Waals surface area contributed by atoms with Gasteiger partial charge in [-0.2, -0.15) is 0 Å². The summed E-state index contributed by atoms with van der Waals surface area (Å²) < 4.78 is 0. The average molecular weight is 162 g/mol. The van der Waals surface area contributed by atoms with Crippen molar-refractivity contribution in [2.45, 2.75) is 0 Å². The molecule has 0 aromatic heterocycles. The number of benzene rings is 1. The van der Waals surface area contributed by atoms with E-state index in [4.69, 9.17) is 28.3 Å². The second-order valence-corrected chi connectivity index (χ2v) is 2.29. The first kappa shape index (κ1) is 6.72. The highest BCUT2D eigenvalue weighted by atomic mass is 35.5. The summed E-state index contributed by atoms with van der Waals surface area (Å²) >= 11 is 11.0. The maximum atomic E-state index is 8.74. The fourth-order valence-corrected chi connectivity index (χ4v) is 0.709. The van der Waals surface area contributed by atoms with Gasteiger partial charge in [0, 0.05) is 6.07 Å². The molecule has 1 aromatic rings. The van der Waals surface area contributed by atoms with E-state index in [9.17, 15) is 0 Å². The van der Waals surface area contributed by atoms with Crippen molar-refractivity contribution in [3.63, 3.8) is 0 Å². The number of aromatic hydroxyl groups is 1. The van der Waals surface area contributed by atoms with Crippen molar-refractivity contribution in [3.8, 4) is 5.75 Å². The molecule has 0 unspecified atom stereocenters. The minimum Gasteiger partial charge on any atom is -0.507 e. The second kappa shape index (κ2) is 2.46. The smallest absolute Gasteiger partial charge is 0.125 e. The van der Waals surface area contributed by atoms with E-state index >= 15 is 0 Å². The summed E-state index contributed by atoms with van der Waals surface area (Å²) in [6, 6.07) is 5.36. The van der Waals surface area contributed by atoms with Gasteiger partial charge in [-0.05, 0) is 12.1 Å². The van der Waals surface area contributed by atoms with Crippen molar-refractivity contribution in [2.75, 3.05) is 0 Å². The van der Waals surface area contributed by atoms with Crippen LogP contribution in [0.15, 0.2) is 12.1 Å². The number of hydrogen-bond acceptors (Lipinski definition) is 1. The van der Waals surface area contributed by atoms with E-state index in [1.54, 1.807) is 0 Å². The lowest BCUT2D eigenvalue weighted by Gasteiger charge is -1.92. The number of phenols is 1. The lowest BCUT2D eigenvalue weighted by Crippen LogP contribution is -1.67. The van der Waals surface area contributed by atoms with E-state index in [1.807, 2.05) is 0 Å². The molecule has 1 nitrogen and oxygen atoms in total. The summed E-state index contributed by atoms with van der Waals surface area (Å²) in [4.78, 5) is 0. The molecule has 1 radical (unpaired) electrons. The fraction of sp³-hybridized carbons (Fsp3) is 0. The maximum absolute atomic E-state index is 8.74. The molecule has 0 bridgehead atoms. The van der Waals surface area contributed by atoms with Crippen LogP contribution in [0.5, 0.6) is 5.75 Å². The van der Waals surface area contributed by atoms with Crippen molar-refractivity contribution in [1.82, 2.24) is 0 Å². The Balaban J connectivity index is 3.17. The van der Waals surface area contributed by atoms with Gasteiger partial charge in [-0.1, -0.05) is 23.2 Å². The van der Waals surface area contributed by atoms with Gasteiger partial charge in [-0.25, -0.2) is 0 Å². The van der Waals surface area contributed by atoms with Gasteiger partial charge >= 0.3 is 0 Å². The lowest BCUT2D eigenvalue weighted by atomic mass is 10.3. The van der Waals surface area contributed by atoms with Crippen LogP contribution in [-0.2, 0) is 0 Å². The summed E-state index contributed by atoms with van der Waals surface area (Å²) in [7, 11) is 0. The Bertz CT molecular complexity index is 222. The van der Waals surface area contributed by atoms with Crippen molar-refractivity contribution in [1.29, 1.82) is 0 Å². The minimum atomic E-state index is 0.00407. The van der Waals surface area contributed by atoms with Gasteiger partial charge in [0.05, 0.1) is 10.0 Å². The standard InChI is InChI=1S/C6H3Cl2O/c7-5-2-1-4(9)3-6(5)8/h1-2,9H. The summed E-state index contributed by atoms with van der Waals surface area (Å²) in [5, 5.41) is 9.38. The second-order valence-electron chi connectivity index (χ2n) is 1.51. The normalized spacial score (nSPS) is 9.56. The number of halogens is 2. The maximum Gasteiger partial charge on any atom is 0.125 e. The van der Waals surface area contributed by atoms with Gasteiger partial charge in [0.2, 0.25) is 0 Å². The van der Waals surface area contributed by atoms with Crippen LogP contribution >= 0.6 is 23.2 Å². The van der Waals surface area contributed by atoms with Gasteiger partial charge in [0.25, 0.3) is 0 Å². The van der Waals surface area contributed by atoms with Crippen LogP contribution in [0.25, 0.3) is 0 Å². The molecule has 0 heterocycles. The largest absolute Gasteiger partial charge is 0.507 e. The van der Waals surface area contributed by atoms with E-state index < -0.39 is 0 Å². The van der Waals surface area contributed by atoms with Crippen LogP contribution in [0.4, 0.5) is 0 Å². The summed E-state index contributed by atoms with van der Waals surface area (Å²) in [6.07, 6.45) is 0. The van der Waals surface area contributed by atoms with Gasteiger partial charge in [0.15, 0.2) is 0 Å². The molecule has 0 aliphatic rings. The Hall–Kier alpha value is -0.400. The summed E-state index contributed by atoms with van der Waals surface area (Å²) in [5.41, 5.74) is 0. The molecule has 0 spiro atoms. The molecular weight excluding hydrogens is 159 g/mol. The molecule has 3 heteroatoms. The first-order valence-corrected chi connectivity index (χ1v) is 3.02. The van der Waals surface area contributed by atoms with Crippen LogP contribution in [-0.4, -0.2) is 5.11 Å². The van der Waals surface area contributed by atoms with Gasteiger partial charge in [0.1, 0.15) is 5.75 Å². The summed E-state index contributed by atoms with van der Waals surface area (Å²) in [5.74, 6) is 0.00407. The molecule has 1 aromatic carbocycles. The van der Waals surface area contributed by atoms with Crippen molar-refractivity contribution in [3.05, 3.63) is 28.2 Å². The van der Waals surface area contributed by atoms with Gasteiger partial charge in [-0.3, -0.25) is 0 Å². The number of rotatable bonds is 0. The Morgan fingerprint density at radius 1 is 1.33 bits per heavy atom. The molecule has 0 amide bonds. The Morgan fingerprint density at radius 2 is 2.00 bits per heavy atom. The Kier molecular flexibility index (Phi) is 1.84. The molecule has 0 aliphatic heterocycles. The van der Waals surface area contributed by atoms with Gasteiger partial charge in [-0.15, -0.1) is 0 Å². The third-order valence-electron chi connectivity index (χ3n) is 0.835. The molecule has 0 saturated heterocycles. The van der Waals surface area contributed by atoms with Crippen LogP contribution in [0, 0.1) is 6.07 Å². The van der Waals surface area contributed by atoms with Crippen molar-refractivity contribution < 1.29 is 5.11 Å². The first-order chi connectivity index (χ1) is 4.20.